The number of hydrogen-bond donors (Lipinski definition) is 0. The molecular formula is C10H18N2. The molecule has 0 heterocycles. The summed E-state index contributed by atoms with van der Waals surface area (Å²) in [5.74, 6) is 0. The van der Waals surface area contributed by atoms with Crippen molar-refractivity contribution in [2.45, 2.75) is 32.7 Å². The predicted octanol–water partition coefficient (Wildman–Crippen LogP) is 2.19. The van der Waals surface area contributed by atoms with E-state index in [9.17, 15) is 0 Å². The summed E-state index contributed by atoms with van der Waals surface area (Å²) < 4.78 is 0. The average molecular weight is 166 g/mol. The van der Waals surface area contributed by atoms with Crippen LogP contribution in [0.15, 0.2) is 12.7 Å². The zero-order valence-electron chi connectivity index (χ0n) is 8.08. The summed E-state index contributed by atoms with van der Waals surface area (Å²) in [6.45, 7) is 9.43. The van der Waals surface area contributed by atoms with Gasteiger partial charge in [0, 0.05) is 6.04 Å². The number of nitrogens with zero attached hydrogens (tertiary/aromatic N) is 2. The Morgan fingerprint density at radius 1 is 1.58 bits per heavy atom. The molecule has 0 aliphatic heterocycles. The third-order valence-electron chi connectivity index (χ3n) is 1.86. The van der Waals surface area contributed by atoms with Crippen molar-refractivity contribution >= 4 is 0 Å². The molecule has 0 spiro atoms. The average Bonchev–Trinajstić information content (AvgIpc) is 2.03. The Morgan fingerprint density at radius 2 is 2.25 bits per heavy atom. The molecule has 0 atom stereocenters. The van der Waals surface area contributed by atoms with Gasteiger partial charge < -0.3 is 0 Å². The molecule has 0 amide bonds. The van der Waals surface area contributed by atoms with Crippen LogP contribution in [0.5, 0.6) is 0 Å². The van der Waals surface area contributed by atoms with Crippen molar-refractivity contribution in [3.05, 3.63) is 12.7 Å². The summed E-state index contributed by atoms with van der Waals surface area (Å²) >= 11 is 0. The number of nitriles is 1. The predicted molar refractivity (Wildman–Crippen MR) is 51.8 cm³/mol. The van der Waals surface area contributed by atoms with E-state index in [4.69, 9.17) is 5.26 Å². The molecule has 68 valence electrons. The van der Waals surface area contributed by atoms with Crippen molar-refractivity contribution < 1.29 is 0 Å². The Morgan fingerprint density at radius 3 is 2.67 bits per heavy atom. The van der Waals surface area contributed by atoms with Crippen molar-refractivity contribution in [2.24, 2.45) is 0 Å². The van der Waals surface area contributed by atoms with E-state index in [2.05, 4.69) is 31.4 Å². The lowest BCUT2D eigenvalue weighted by atomic mass is 10.2. The van der Waals surface area contributed by atoms with Gasteiger partial charge in [-0.15, -0.1) is 6.58 Å². The minimum atomic E-state index is 0.467. The molecule has 0 aliphatic rings. The Labute approximate surface area is 75.5 Å². The van der Waals surface area contributed by atoms with Crippen LogP contribution >= 0.6 is 0 Å². The second-order valence-corrected chi connectivity index (χ2v) is 3.15. The van der Waals surface area contributed by atoms with Gasteiger partial charge in [0.25, 0.3) is 0 Å². The van der Waals surface area contributed by atoms with Gasteiger partial charge in [-0.2, -0.15) is 5.26 Å². The first kappa shape index (κ1) is 11.2. The van der Waals surface area contributed by atoms with Gasteiger partial charge in [-0.05, 0) is 33.2 Å². The molecule has 0 N–H and O–H groups in total. The van der Waals surface area contributed by atoms with Gasteiger partial charge in [-0.25, -0.2) is 0 Å². The van der Waals surface area contributed by atoms with Gasteiger partial charge in [-0.1, -0.05) is 6.08 Å². The summed E-state index contributed by atoms with van der Waals surface area (Å²) in [5, 5.41) is 8.53. The maximum absolute atomic E-state index is 8.53. The van der Waals surface area contributed by atoms with Crippen LogP contribution in [0.4, 0.5) is 0 Å². The number of allylic oxidation sites excluding steroid dienone is 1. The van der Waals surface area contributed by atoms with Gasteiger partial charge in [0.1, 0.15) is 0 Å². The van der Waals surface area contributed by atoms with E-state index >= 15 is 0 Å². The van der Waals surface area contributed by atoms with Crippen molar-refractivity contribution in [3.63, 3.8) is 0 Å². The molecule has 0 radical (unpaired) electrons. The molecule has 2 nitrogen and oxygen atoms in total. The van der Waals surface area contributed by atoms with Crippen LogP contribution in [0.3, 0.4) is 0 Å². The Balaban J connectivity index is 3.64. The second-order valence-electron chi connectivity index (χ2n) is 3.15. The number of hydrogen-bond acceptors (Lipinski definition) is 2. The third kappa shape index (κ3) is 4.92. The lowest BCUT2D eigenvalue weighted by Crippen LogP contribution is -2.32. The van der Waals surface area contributed by atoms with Gasteiger partial charge >= 0.3 is 0 Å². The topological polar surface area (TPSA) is 27.0 Å². The Kier molecular flexibility index (Phi) is 6.41. The van der Waals surface area contributed by atoms with Crippen LogP contribution in [0.25, 0.3) is 0 Å². The normalized spacial score (nSPS) is 10.2. The third-order valence-corrected chi connectivity index (χ3v) is 1.86. The number of rotatable bonds is 6. The van der Waals surface area contributed by atoms with Crippen molar-refractivity contribution in [3.8, 4) is 6.07 Å². The standard InChI is InChI=1S/C10H18N2/c1-4-5-6-8-12(9-7-11)10(2)3/h4,10H,1,5-6,8-9H2,2-3H3. The summed E-state index contributed by atoms with van der Waals surface area (Å²) in [5.41, 5.74) is 0. The van der Waals surface area contributed by atoms with Crippen LogP contribution in [-0.4, -0.2) is 24.0 Å². The van der Waals surface area contributed by atoms with E-state index in [1.54, 1.807) is 0 Å². The fraction of sp³-hybridized carbons (Fsp3) is 0.700. The summed E-state index contributed by atoms with van der Waals surface area (Å²) in [7, 11) is 0. The molecule has 0 rings (SSSR count). The minimum absolute atomic E-state index is 0.467. The zero-order valence-corrected chi connectivity index (χ0v) is 8.08. The first-order chi connectivity index (χ1) is 5.72. The lowest BCUT2D eigenvalue weighted by molar-refractivity contribution is 0.246. The van der Waals surface area contributed by atoms with Gasteiger partial charge in [0.15, 0.2) is 0 Å². The molecule has 0 bridgehead atoms. The second kappa shape index (κ2) is 6.87. The van der Waals surface area contributed by atoms with Crippen molar-refractivity contribution in [2.75, 3.05) is 13.1 Å². The Bertz CT molecular complexity index is 156. The van der Waals surface area contributed by atoms with E-state index in [-0.39, 0.29) is 0 Å². The molecule has 0 aromatic rings. The van der Waals surface area contributed by atoms with E-state index in [1.807, 2.05) is 6.08 Å². The first-order valence-electron chi connectivity index (χ1n) is 4.44. The molecular weight excluding hydrogens is 148 g/mol. The molecule has 0 saturated heterocycles. The van der Waals surface area contributed by atoms with Crippen molar-refractivity contribution in [1.29, 1.82) is 5.26 Å². The quantitative estimate of drug-likeness (QED) is 0.343. The highest BCUT2D eigenvalue weighted by Gasteiger charge is 2.06. The SMILES string of the molecule is C=CCCCN(CC#N)C(C)C. The lowest BCUT2D eigenvalue weighted by Gasteiger charge is -2.22. The Hall–Kier alpha value is -0.810. The first-order valence-corrected chi connectivity index (χ1v) is 4.44. The number of unbranched alkanes of at least 4 members (excludes halogenated alkanes) is 1. The molecule has 0 aromatic heterocycles. The van der Waals surface area contributed by atoms with E-state index in [1.165, 1.54) is 0 Å². The summed E-state index contributed by atoms with van der Waals surface area (Å²) in [6, 6.07) is 2.64. The highest BCUT2D eigenvalue weighted by Crippen LogP contribution is 2.00. The van der Waals surface area contributed by atoms with E-state index < -0.39 is 0 Å². The van der Waals surface area contributed by atoms with Crippen molar-refractivity contribution in [1.82, 2.24) is 4.90 Å². The van der Waals surface area contributed by atoms with E-state index in [0.29, 0.717) is 12.6 Å². The zero-order chi connectivity index (χ0) is 9.40. The molecule has 0 fully saturated rings. The maximum Gasteiger partial charge on any atom is 0.0868 e. The van der Waals surface area contributed by atoms with Gasteiger partial charge in [-0.3, -0.25) is 4.90 Å². The largest absolute Gasteiger partial charge is 0.288 e. The maximum atomic E-state index is 8.53. The molecule has 0 aromatic carbocycles. The smallest absolute Gasteiger partial charge is 0.0868 e. The molecule has 0 aliphatic carbocycles. The minimum Gasteiger partial charge on any atom is -0.288 e. The molecule has 0 unspecified atom stereocenters. The molecule has 12 heavy (non-hydrogen) atoms. The summed E-state index contributed by atoms with van der Waals surface area (Å²) in [4.78, 5) is 2.17. The van der Waals surface area contributed by atoms with Crippen LogP contribution in [0.1, 0.15) is 26.7 Å². The highest BCUT2D eigenvalue weighted by atomic mass is 15.1. The van der Waals surface area contributed by atoms with Gasteiger partial charge in [0.2, 0.25) is 0 Å². The molecule has 0 saturated carbocycles. The van der Waals surface area contributed by atoms with Crippen LogP contribution in [0.2, 0.25) is 0 Å². The highest BCUT2D eigenvalue weighted by molar-refractivity contribution is 4.79. The fourth-order valence-corrected chi connectivity index (χ4v) is 1.05. The summed E-state index contributed by atoms with van der Waals surface area (Å²) in [6.07, 6.45) is 4.06. The molecule has 2 heteroatoms. The van der Waals surface area contributed by atoms with Crippen LogP contribution < -0.4 is 0 Å². The van der Waals surface area contributed by atoms with Gasteiger partial charge in [0.05, 0.1) is 12.6 Å². The van der Waals surface area contributed by atoms with Crippen LogP contribution in [0, 0.1) is 11.3 Å². The van der Waals surface area contributed by atoms with Crippen LogP contribution in [-0.2, 0) is 0 Å². The monoisotopic (exact) mass is 166 g/mol. The fourth-order valence-electron chi connectivity index (χ4n) is 1.05. The van der Waals surface area contributed by atoms with E-state index in [0.717, 1.165) is 19.4 Å².